The number of rotatable bonds is 12. The average Bonchev–Trinajstić information content (AvgIpc) is 2.55. The summed E-state index contributed by atoms with van der Waals surface area (Å²) in [6.07, 6.45) is 2.10. The molecule has 6 nitrogen and oxygen atoms in total. The maximum atomic E-state index is 12.3. The van der Waals surface area contributed by atoms with Gasteiger partial charge in [-0.1, -0.05) is 37.3 Å². The number of hydrogen-bond acceptors (Lipinski definition) is 3. The van der Waals surface area contributed by atoms with E-state index in [9.17, 15) is 19.0 Å². The lowest BCUT2D eigenvalue weighted by Gasteiger charge is -2.19. The lowest BCUT2D eigenvalue weighted by molar-refractivity contribution is -0.141. The Labute approximate surface area is 148 Å². The SMILES string of the molecule is C[C@@H](CCc1ccccc1)CCP(=O)(O)C[C@@H](CCC(N)=O)C(=O)O. The van der Waals surface area contributed by atoms with Crippen LogP contribution in [-0.2, 0) is 20.6 Å². The highest BCUT2D eigenvalue weighted by Crippen LogP contribution is 2.45. The number of carboxylic acid groups (broad SMARTS) is 1. The number of hydrogen-bond donors (Lipinski definition) is 3. The number of primary amides is 1. The standard InChI is InChI=1S/C18H28NO5P/c1-14(7-8-15-5-3-2-4-6-15)11-12-25(23,24)13-16(18(21)22)9-10-17(19)20/h2-6,14,16H,7-13H2,1H3,(H2,19,20)(H,21,22)(H,23,24)/t14-,16+/m0/s1. The first-order valence-corrected chi connectivity index (χ1v) is 10.6. The van der Waals surface area contributed by atoms with E-state index >= 15 is 0 Å². The van der Waals surface area contributed by atoms with Gasteiger partial charge < -0.3 is 15.7 Å². The van der Waals surface area contributed by atoms with Crippen LogP contribution in [0.1, 0.15) is 38.2 Å². The summed E-state index contributed by atoms with van der Waals surface area (Å²) in [6, 6.07) is 10.0. The summed E-state index contributed by atoms with van der Waals surface area (Å²) in [5.41, 5.74) is 6.26. The molecule has 0 aliphatic rings. The third kappa shape index (κ3) is 9.42. The van der Waals surface area contributed by atoms with Crippen LogP contribution in [0.3, 0.4) is 0 Å². The second-order valence-electron chi connectivity index (χ2n) is 6.71. The van der Waals surface area contributed by atoms with Crippen LogP contribution in [-0.4, -0.2) is 34.2 Å². The molecule has 0 fully saturated rings. The minimum atomic E-state index is -3.54. The zero-order valence-corrected chi connectivity index (χ0v) is 15.5. The van der Waals surface area contributed by atoms with Crippen molar-refractivity contribution in [2.24, 2.45) is 17.6 Å². The fourth-order valence-electron chi connectivity index (χ4n) is 2.67. The quantitative estimate of drug-likeness (QED) is 0.490. The molecule has 0 aliphatic heterocycles. The van der Waals surface area contributed by atoms with E-state index in [1.807, 2.05) is 25.1 Å². The molecule has 0 spiro atoms. The van der Waals surface area contributed by atoms with Gasteiger partial charge in [0.05, 0.1) is 5.92 Å². The number of carboxylic acids is 1. The second-order valence-corrected chi connectivity index (χ2v) is 9.22. The van der Waals surface area contributed by atoms with E-state index in [1.54, 1.807) is 0 Å². The van der Waals surface area contributed by atoms with E-state index in [-0.39, 0.29) is 31.1 Å². The van der Waals surface area contributed by atoms with E-state index in [0.29, 0.717) is 6.42 Å². The molecule has 1 aromatic rings. The third-order valence-electron chi connectivity index (χ3n) is 4.33. The summed E-state index contributed by atoms with van der Waals surface area (Å²) in [5, 5.41) is 9.15. The molecule has 0 heterocycles. The Morgan fingerprint density at radius 1 is 1.16 bits per heavy atom. The van der Waals surface area contributed by atoms with Gasteiger partial charge in [-0.05, 0) is 37.2 Å². The summed E-state index contributed by atoms with van der Waals surface area (Å²) >= 11 is 0. The van der Waals surface area contributed by atoms with Gasteiger partial charge in [0, 0.05) is 18.7 Å². The molecular weight excluding hydrogens is 341 g/mol. The summed E-state index contributed by atoms with van der Waals surface area (Å²) in [6.45, 7) is 2.03. The normalized spacial score (nSPS) is 15.9. The lowest BCUT2D eigenvalue weighted by Crippen LogP contribution is -2.22. The molecule has 25 heavy (non-hydrogen) atoms. The van der Waals surface area contributed by atoms with Crippen LogP contribution >= 0.6 is 7.37 Å². The zero-order chi connectivity index (χ0) is 18.9. The molecule has 1 amide bonds. The minimum Gasteiger partial charge on any atom is -0.481 e. The van der Waals surface area contributed by atoms with Crippen LogP contribution in [0, 0.1) is 11.8 Å². The van der Waals surface area contributed by atoms with Gasteiger partial charge in [-0.3, -0.25) is 14.2 Å². The smallest absolute Gasteiger partial charge is 0.307 e. The molecule has 0 aromatic heterocycles. The topological polar surface area (TPSA) is 118 Å². The Kier molecular flexibility index (Phi) is 8.87. The maximum absolute atomic E-state index is 12.3. The van der Waals surface area contributed by atoms with Gasteiger partial charge in [0.15, 0.2) is 0 Å². The first-order valence-electron chi connectivity index (χ1n) is 8.55. The van der Waals surface area contributed by atoms with Gasteiger partial charge in [0.2, 0.25) is 13.3 Å². The van der Waals surface area contributed by atoms with Crippen LogP contribution in [0.5, 0.6) is 0 Å². The Balaban J connectivity index is 2.43. The van der Waals surface area contributed by atoms with Crippen LogP contribution in [0.4, 0.5) is 0 Å². The lowest BCUT2D eigenvalue weighted by atomic mass is 9.99. The van der Waals surface area contributed by atoms with Crippen LogP contribution in [0.15, 0.2) is 30.3 Å². The fraction of sp³-hybridized carbons (Fsp3) is 0.556. The second kappa shape index (κ2) is 10.4. The van der Waals surface area contributed by atoms with Crippen molar-refractivity contribution in [3.63, 3.8) is 0 Å². The Bertz CT molecular complexity index is 605. The number of carbonyl (C=O) groups excluding carboxylic acids is 1. The Morgan fingerprint density at radius 2 is 1.80 bits per heavy atom. The molecule has 4 N–H and O–H groups in total. The van der Waals surface area contributed by atoms with E-state index in [1.165, 1.54) is 5.56 Å². The molecule has 0 saturated heterocycles. The summed E-state index contributed by atoms with van der Waals surface area (Å²) in [4.78, 5) is 32.1. The first kappa shape index (κ1) is 21.4. The molecule has 1 unspecified atom stereocenters. The molecule has 140 valence electrons. The largest absolute Gasteiger partial charge is 0.481 e. The van der Waals surface area contributed by atoms with Crippen LogP contribution < -0.4 is 5.73 Å². The van der Waals surface area contributed by atoms with Crippen molar-refractivity contribution in [1.82, 2.24) is 0 Å². The number of aliphatic carboxylic acids is 1. The van der Waals surface area contributed by atoms with E-state index < -0.39 is 25.2 Å². The molecule has 0 saturated carbocycles. The van der Waals surface area contributed by atoms with Crippen molar-refractivity contribution in [1.29, 1.82) is 0 Å². The van der Waals surface area contributed by atoms with Crippen molar-refractivity contribution in [2.45, 2.75) is 39.0 Å². The first-order chi connectivity index (χ1) is 11.7. The molecule has 3 atom stereocenters. The molecule has 1 rings (SSSR count). The van der Waals surface area contributed by atoms with Crippen molar-refractivity contribution < 1.29 is 24.2 Å². The molecule has 7 heteroatoms. The highest BCUT2D eigenvalue weighted by molar-refractivity contribution is 7.58. The van der Waals surface area contributed by atoms with Crippen molar-refractivity contribution in [2.75, 3.05) is 12.3 Å². The number of amides is 1. The molecular formula is C18H28NO5P. The maximum Gasteiger partial charge on any atom is 0.307 e. The Hall–Kier alpha value is -1.65. The number of benzene rings is 1. The van der Waals surface area contributed by atoms with Gasteiger partial charge >= 0.3 is 5.97 Å². The van der Waals surface area contributed by atoms with E-state index in [4.69, 9.17) is 10.8 Å². The highest BCUT2D eigenvalue weighted by Gasteiger charge is 2.29. The van der Waals surface area contributed by atoms with Crippen LogP contribution in [0.25, 0.3) is 0 Å². The van der Waals surface area contributed by atoms with Crippen LogP contribution in [0.2, 0.25) is 0 Å². The highest BCUT2D eigenvalue weighted by atomic mass is 31.2. The Morgan fingerprint density at radius 3 is 2.36 bits per heavy atom. The molecule has 0 aliphatic carbocycles. The third-order valence-corrected chi connectivity index (χ3v) is 6.30. The zero-order valence-electron chi connectivity index (χ0n) is 14.6. The minimum absolute atomic E-state index is 0.00121. The number of aryl methyl sites for hydroxylation is 1. The predicted molar refractivity (Wildman–Crippen MR) is 97.7 cm³/mol. The van der Waals surface area contributed by atoms with E-state index in [0.717, 1.165) is 12.8 Å². The fourth-order valence-corrected chi connectivity index (χ4v) is 4.72. The van der Waals surface area contributed by atoms with Gasteiger partial charge in [0.25, 0.3) is 0 Å². The van der Waals surface area contributed by atoms with Gasteiger partial charge in [-0.15, -0.1) is 0 Å². The van der Waals surface area contributed by atoms with Crippen molar-refractivity contribution in [3.05, 3.63) is 35.9 Å². The molecule has 1 aromatic carbocycles. The predicted octanol–water partition coefficient (Wildman–Crippen LogP) is 2.88. The molecule has 0 bridgehead atoms. The van der Waals surface area contributed by atoms with Gasteiger partial charge in [0.1, 0.15) is 0 Å². The number of nitrogens with two attached hydrogens (primary N) is 1. The summed E-state index contributed by atoms with van der Waals surface area (Å²) in [5.74, 6) is -2.50. The monoisotopic (exact) mass is 369 g/mol. The molecule has 0 radical (unpaired) electrons. The van der Waals surface area contributed by atoms with Crippen molar-refractivity contribution >= 4 is 19.2 Å². The number of carbonyl (C=O) groups is 2. The summed E-state index contributed by atoms with van der Waals surface area (Å²) < 4.78 is 12.3. The summed E-state index contributed by atoms with van der Waals surface area (Å²) in [7, 11) is -3.54. The van der Waals surface area contributed by atoms with Gasteiger partial charge in [-0.2, -0.15) is 0 Å². The average molecular weight is 369 g/mol. The van der Waals surface area contributed by atoms with Gasteiger partial charge in [-0.25, -0.2) is 0 Å². The van der Waals surface area contributed by atoms with Crippen molar-refractivity contribution in [3.8, 4) is 0 Å². The van der Waals surface area contributed by atoms with E-state index in [2.05, 4.69) is 12.1 Å².